The van der Waals surface area contributed by atoms with Gasteiger partial charge in [0.05, 0.1) is 16.6 Å². The molecule has 4 heterocycles. The third-order valence-corrected chi connectivity index (χ3v) is 12.4. The SMILES string of the molecule is C[Si]1(C)c2cc(C=C3C(=O)c4cscc4C3=O)sc2-n2c3ccccc3c3cccc1c32. The van der Waals surface area contributed by atoms with Crippen LogP contribution in [0.15, 0.2) is 64.9 Å². The van der Waals surface area contributed by atoms with Gasteiger partial charge in [-0.05, 0) is 28.6 Å². The zero-order valence-corrected chi connectivity index (χ0v) is 20.1. The quantitative estimate of drug-likeness (QED) is 0.185. The summed E-state index contributed by atoms with van der Waals surface area (Å²) in [4.78, 5) is 26.6. The molecule has 2 aromatic carbocycles. The fourth-order valence-corrected chi connectivity index (χ4v) is 10.9. The number of Topliss-reactive ketones (excluding diaryl/α,β-unsaturated/α-hetero) is 2. The summed E-state index contributed by atoms with van der Waals surface area (Å²) in [6, 6.07) is 17.5. The number of ketones is 2. The topological polar surface area (TPSA) is 39.1 Å². The number of fused-ring (bicyclic) bond motifs is 6. The lowest BCUT2D eigenvalue weighted by molar-refractivity contribution is 0.0990. The highest BCUT2D eigenvalue weighted by Gasteiger charge is 2.39. The number of hydrogen-bond donors (Lipinski definition) is 0. The Morgan fingerprint density at radius 1 is 0.875 bits per heavy atom. The van der Waals surface area contributed by atoms with Crippen LogP contribution in [0.4, 0.5) is 0 Å². The zero-order chi connectivity index (χ0) is 21.8. The van der Waals surface area contributed by atoms with E-state index in [1.54, 1.807) is 22.1 Å². The summed E-state index contributed by atoms with van der Waals surface area (Å²) in [6.07, 6.45) is 1.82. The summed E-state index contributed by atoms with van der Waals surface area (Å²) in [7, 11) is -1.95. The monoisotopic (exact) mass is 467 g/mol. The molecule has 7 rings (SSSR count). The molecule has 3 aromatic heterocycles. The maximum atomic E-state index is 12.8. The highest BCUT2D eigenvalue weighted by Crippen LogP contribution is 2.39. The predicted octanol–water partition coefficient (Wildman–Crippen LogP) is 5.51. The molecule has 0 amide bonds. The molecule has 6 heteroatoms. The molecular weight excluding hydrogens is 451 g/mol. The Morgan fingerprint density at radius 3 is 2.38 bits per heavy atom. The van der Waals surface area contributed by atoms with Crippen LogP contribution < -0.4 is 10.4 Å². The van der Waals surface area contributed by atoms with E-state index in [-0.39, 0.29) is 11.6 Å². The van der Waals surface area contributed by atoms with Crippen molar-refractivity contribution in [3.8, 4) is 5.00 Å². The molecule has 32 heavy (non-hydrogen) atoms. The molecule has 0 fully saturated rings. The minimum absolute atomic E-state index is 0.147. The van der Waals surface area contributed by atoms with E-state index in [9.17, 15) is 9.59 Å². The molecular formula is C26H17NO2S2Si. The third kappa shape index (κ3) is 2.14. The first-order chi connectivity index (χ1) is 15.5. The summed E-state index contributed by atoms with van der Waals surface area (Å²) in [5.41, 5.74) is 3.91. The van der Waals surface area contributed by atoms with Crippen molar-refractivity contribution in [1.82, 2.24) is 4.57 Å². The number of rotatable bonds is 1. The van der Waals surface area contributed by atoms with Gasteiger partial charge in [0.25, 0.3) is 0 Å². The minimum atomic E-state index is -1.95. The van der Waals surface area contributed by atoms with Gasteiger partial charge in [0.15, 0.2) is 11.6 Å². The zero-order valence-electron chi connectivity index (χ0n) is 17.4. The second kappa shape index (κ2) is 6.04. The van der Waals surface area contributed by atoms with Crippen LogP contribution in [0.2, 0.25) is 13.1 Å². The summed E-state index contributed by atoms with van der Waals surface area (Å²) < 4.78 is 2.40. The molecule has 0 radical (unpaired) electrons. The van der Waals surface area contributed by atoms with E-state index in [0.29, 0.717) is 16.7 Å². The van der Waals surface area contributed by atoms with Gasteiger partial charge in [-0.1, -0.05) is 49.5 Å². The molecule has 3 nitrogen and oxygen atoms in total. The average molecular weight is 468 g/mol. The van der Waals surface area contributed by atoms with E-state index in [1.165, 1.54) is 48.5 Å². The molecule has 1 aliphatic carbocycles. The lowest BCUT2D eigenvalue weighted by Crippen LogP contribution is -2.56. The average Bonchev–Trinajstić information content (AvgIpc) is 3.54. The van der Waals surface area contributed by atoms with E-state index in [0.717, 1.165) is 4.88 Å². The Labute approximate surface area is 193 Å². The molecule has 5 aromatic rings. The first-order valence-electron chi connectivity index (χ1n) is 10.5. The number of benzene rings is 2. The van der Waals surface area contributed by atoms with E-state index < -0.39 is 8.07 Å². The van der Waals surface area contributed by atoms with Crippen molar-refractivity contribution >= 4 is 80.6 Å². The number of hydrogen-bond acceptors (Lipinski definition) is 4. The van der Waals surface area contributed by atoms with Crippen molar-refractivity contribution in [2.24, 2.45) is 0 Å². The standard InChI is InChI=1S/C26H17NO2S2Si/c1-32(2)21-9-5-7-16-15-6-3-4-8-20(15)27(23(16)21)26-22(32)11-14(31-26)10-17-24(28)18-12-30-13-19(18)25(17)29/h3-13H,1-2H3. The number of carbonyl (C=O) groups excluding carboxylic acids is 2. The van der Waals surface area contributed by atoms with Crippen LogP contribution in [0, 0.1) is 0 Å². The van der Waals surface area contributed by atoms with Gasteiger partial charge < -0.3 is 4.57 Å². The number of thiophene rings is 2. The van der Waals surface area contributed by atoms with Crippen LogP contribution >= 0.6 is 22.7 Å². The van der Waals surface area contributed by atoms with Crippen LogP contribution in [0.25, 0.3) is 32.9 Å². The normalized spacial score (nSPS) is 16.1. The first-order valence-corrected chi connectivity index (χ1v) is 15.3. The van der Waals surface area contributed by atoms with Crippen LogP contribution in [0.1, 0.15) is 25.6 Å². The van der Waals surface area contributed by atoms with Crippen LogP contribution in [0.5, 0.6) is 0 Å². The van der Waals surface area contributed by atoms with Gasteiger partial charge >= 0.3 is 0 Å². The van der Waals surface area contributed by atoms with Crippen molar-refractivity contribution in [3.63, 3.8) is 0 Å². The van der Waals surface area contributed by atoms with Gasteiger partial charge in [-0.15, -0.1) is 11.3 Å². The summed E-state index contributed by atoms with van der Waals surface area (Å²) in [5.74, 6) is -0.294. The molecule has 0 saturated carbocycles. The van der Waals surface area contributed by atoms with E-state index in [2.05, 4.69) is 66.2 Å². The van der Waals surface area contributed by atoms with Gasteiger partial charge in [0.2, 0.25) is 0 Å². The maximum Gasteiger partial charge on any atom is 0.198 e. The van der Waals surface area contributed by atoms with Crippen molar-refractivity contribution in [1.29, 1.82) is 0 Å². The summed E-state index contributed by atoms with van der Waals surface area (Å²) in [6.45, 7) is 4.79. The molecule has 1 aliphatic heterocycles. The second-order valence-electron chi connectivity index (χ2n) is 8.96. The van der Waals surface area contributed by atoms with Gasteiger partial charge in [0.1, 0.15) is 13.1 Å². The van der Waals surface area contributed by atoms with Crippen molar-refractivity contribution in [3.05, 3.63) is 80.9 Å². The molecule has 0 saturated heterocycles. The molecule has 2 aliphatic rings. The van der Waals surface area contributed by atoms with Crippen molar-refractivity contribution in [2.45, 2.75) is 13.1 Å². The molecule has 154 valence electrons. The Hall–Kier alpha value is -3.06. The molecule has 0 N–H and O–H groups in total. The smallest absolute Gasteiger partial charge is 0.198 e. The summed E-state index contributed by atoms with van der Waals surface area (Å²) in [5, 5.41) is 10.2. The third-order valence-electron chi connectivity index (χ3n) is 6.90. The van der Waals surface area contributed by atoms with Crippen LogP contribution in [-0.4, -0.2) is 24.2 Å². The Kier molecular flexibility index (Phi) is 3.49. The van der Waals surface area contributed by atoms with Gasteiger partial charge in [-0.3, -0.25) is 9.59 Å². The van der Waals surface area contributed by atoms with E-state index in [4.69, 9.17) is 0 Å². The number of aromatic nitrogens is 1. The fraction of sp³-hybridized carbons (Fsp3) is 0.0769. The predicted molar refractivity (Wildman–Crippen MR) is 136 cm³/mol. The van der Waals surface area contributed by atoms with Crippen LogP contribution in [-0.2, 0) is 0 Å². The first kappa shape index (κ1) is 18.5. The highest BCUT2D eigenvalue weighted by molar-refractivity contribution is 7.19. The maximum absolute atomic E-state index is 12.8. The van der Waals surface area contributed by atoms with Crippen molar-refractivity contribution in [2.75, 3.05) is 0 Å². The number of allylic oxidation sites excluding steroid dienone is 1. The Bertz CT molecular complexity index is 1660. The second-order valence-corrected chi connectivity index (χ2v) is 15.1. The minimum Gasteiger partial charge on any atom is -0.301 e. The molecule has 0 bridgehead atoms. The fourth-order valence-electron chi connectivity index (χ4n) is 5.28. The van der Waals surface area contributed by atoms with Gasteiger partial charge in [0, 0.05) is 37.5 Å². The number of para-hydroxylation sites is 2. The van der Waals surface area contributed by atoms with Crippen LogP contribution in [0.3, 0.4) is 0 Å². The molecule has 0 atom stereocenters. The number of carbonyl (C=O) groups is 2. The van der Waals surface area contributed by atoms with Gasteiger partial charge in [-0.25, -0.2) is 0 Å². The Balaban J connectivity index is 1.51. The Morgan fingerprint density at radius 2 is 1.59 bits per heavy atom. The highest BCUT2D eigenvalue weighted by atomic mass is 32.1. The van der Waals surface area contributed by atoms with Crippen molar-refractivity contribution < 1.29 is 9.59 Å². The molecule has 0 spiro atoms. The largest absolute Gasteiger partial charge is 0.301 e. The number of nitrogens with zero attached hydrogens (tertiary/aromatic N) is 1. The summed E-state index contributed by atoms with van der Waals surface area (Å²) >= 11 is 3.09. The lowest BCUT2D eigenvalue weighted by atomic mass is 10.1. The van der Waals surface area contributed by atoms with E-state index in [1.807, 2.05) is 6.08 Å². The molecule has 0 unspecified atom stereocenters. The lowest BCUT2D eigenvalue weighted by Gasteiger charge is -2.30. The van der Waals surface area contributed by atoms with Gasteiger partial charge in [-0.2, -0.15) is 11.3 Å². The van der Waals surface area contributed by atoms with E-state index >= 15 is 0 Å².